The Balaban J connectivity index is 0.00000324. The topological polar surface area (TPSA) is 109 Å². The molecule has 0 saturated heterocycles. The van der Waals surface area contributed by atoms with Gasteiger partial charge in [-0.25, -0.2) is 0 Å². The fraction of sp³-hybridized carbons (Fsp3) is 0.500. The van der Waals surface area contributed by atoms with Gasteiger partial charge in [0.25, 0.3) is 11.6 Å². The van der Waals surface area contributed by atoms with Crippen LogP contribution in [0.15, 0.2) is 12.3 Å². The van der Waals surface area contributed by atoms with Crippen molar-refractivity contribution < 1.29 is 14.5 Å². The fourth-order valence-electron chi connectivity index (χ4n) is 1.28. The summed E-state index contributed by atoms with van der Waals surface area (Å²) in [6.45, 7) is 2.37. The third-order valence-corrected chi connectivity index (χ3v) is 2.19. The van der Waals surface area contributed by atoms with Crippen LogP contribution in [0.3, 0.4) is 0 Å². The summed E-state index contributed by atoms with van der Waals surface area (Å²) >= 11 is 0. The van der Waals surface area contributed by atoms with Crippen LogP contribution in [0.5, 0.6) is 0 Å². The number of rotatable bonds is 8. The van der Waals surface area contributed by atoms with Crippen molar-refractivity contribution in [1.82, 2.24) is 15.6 Å². The number of H-pyrrole nitrogens is 1. The van der Waals surface area contributed by atoms with Crippen LogP contribution in [0.1, 0.15) is 10.5 Å². The van der Waals surface area contributed by atoms with Gasteiger partial charge >= 0.3 is 0 Å². The number of aromatic nitrogens is 1. The van der Waals surface area contributed by atoms with Crippen molar-refractivity contribution in [3.63, 3.8) is 0 Å². The number of hydrogen-bond donors (Lipinski definition) is 3. The van der Waals surface area contributed by atoms with Crippen LogP contribution in [0, 0.1) is 10.1 Å². The van der Waals surface area contributed by atoms with Crippen molar-refractivity contribution in [1.29, 1.82) is 0 Å². The lowest BCUT2D eigenvalue weighted by atomic mass is 10.4. The zero-order valence-corrected chi connectivity index (χ0v) is 11.3. The molecule has 9 heteroatoms. The third kappa shape index (κ3) is 6.18. The monoisotopic (exact) mass is 292 g/mol. The third-order valence-electron chi connectivity index (χ3n) is 2.19. The summed E-state index contributed by atoms with van der Waals surface area (Å²) in [7, 11) is 1.61. The lowest BCUT2D eigenvalue weighted by Crippen LogP contribution is -2.33. The molecule has 0 bridgehead atoms. The molecule has 1 heterocycles. The highest BCUT2D eigenvalue weighted by atomic mass is 35.5. The maximum Gasteiger partial charge on any atom is 0.287 e. The molecule has 0 unspecified atom stereocenters. The second kappa shape index (κ2) is 9.31. The summed E-state index contributed by atoms with van der Waals surface area (Å²) < 4.78 is 4.85. The molecule has 0 atom stereocenters. The predicted molar refractivity (Wildman–Crippen MR) is 71.8 cm³/mol. The number of carbonyl (C=O) groups excluding carboxylic acids is 1. The molecule has 8 nitrogen and oxygen atoms in total. The van der Waals surface area contributed by atoms with Gasteiger partial charge in [0.1, 0.15) is 5.69 Å². The van der Waals surface area contributed by atoms with E-state index in [2.05, 4.69) is 15.6 Å². The molecule has 1 aromatic heterocycles. The molecule has 19 heavy (non-hydrogen) atoms. The van der Waals surface area contributed by atoms with E-state index in [-0.39, 0.29) is 29.7 Å². The number of nitrogens with one attached hydrogen (secondary N) is 3. The summed E-state index contributed by atoms with van der Waals surface area (Å²) in [6.07, 6.45) is 1.19. The molecular formula is C10H17ClN4O4. The van der Waals surface area contributed by atoms with E-state index in [1.54, 1.807) is 7.11 Å². The summed E-state index contributed by atoms with van der Waals surface area (Å²) in [5.41, 5.74) is 0.0527. The van der Waals surface area contributed by atoms with Gasteiger partial charge in [-0.2, -0.15) is 0 Å². The quantitative estimate of drug-likeness (QED) is 0.363. The van der Waals surface area contributed by atoms with Crippen LogP contribution in [0.25, 0.3) is 0 Å². The molecule has 0 aromatic carbocycles. The average Bonchev–Trinajstić information content (AvgIpc) is 2.83. The van der Waals surface area contributed by atoms with E-state index < -0.39 is 4.92 Å². The van der Waals surface area contributed by atoms with Crippen molar-refractivity contribution >= 4 is 24.0 Å². The second-order valence-electron chi connectivity index (χ2n) is 3.53. The molecular weight excluding hydrogens is 276 g/mol. The highest BCUT2D eigenvalue weighted by molar-refractivity contribution is 5.93. The Morgan fingerprint density at radius 2 is 2.21 bits per heavy atom. The van der Waals surface area contributed by atoms with E-state index in [0.717, 1.165) is 0 Å². The van der Waals surface area contributed by atoms with Gasteiger partial charge in [0.2, 0.25) is 0 Å². The van der Waals surface area contributed by atoms with E-state index >= 15 is 0 Å². The number of methoxy groups -OCH3 is 1. The van der Waals surface area contributed by atoms with Gasteiger partial charge in [-0.3, -0.25) is 14.9 Å². The van der Waals surface area contributed by atoms with Gasteiger partial charge in [-0.1, -0.05) is 0 Å². The van der Waals surface area contributed by atoms with Gasteiger partial charge in [0.05, 0.1) is 17.7 Å². The number of ether oxygens (including phenoxy) is 1. The smallest absolute Gasteiger partial charge is 0.287 e. The molecule has 0 spiro atoms. The first-order chi connectivity index (χ1) is 8.65. The van der Waals surface area contributed by atoms with Gasteiger partial charge in [-0.15, -0.1) is 12.4 Å². The maximum atomic E-state index is 11.6. The Hall–Kier alpha value is -1.64. The van der Waals surface area contributed by atoms with Crippen molar-refractivity contribution in [2.24, 2.45) is 0 Å². The Morgan fingerprint density at radius 1 is 1.47 bits per heavy atom. The SMILES string of the molecule is COCCNCCNC(=O)c1cc([N+](=O)[O-])c[nH]1.Cl. The number of nitrogens with zero attached hydrogens (tertiary/aromatic N) is 1. The predicted octanol–water partition coefficient (Wildman–Crippen LogP) is 0.310. The lowest BCUT2D eigenvalue weighted by molar-refractivity contribution is -0.384. The molecule has 0 radical (unpaired) electrons. The van der Waals surface area contributed by atoms with E-state index in [9.17, 15) is 14.9 Å². The van der Waals surface area contributed by atoms with Crippen molar-refractivity contribution in [2.75, 3.05) is 33.4 Å². The molecule has 108 valence electrons. The summed E-state index contributed by atoms with van der Waals surface area (Å²) in [4.78, 5) is 24.0. The number of amides is 1. The first-order valence-electron chi connectivity index (χ1n) is 5.46. The van der Waals surface area contributed by atoms with Gasteiger partial charge in [0.15, 0.2) is 0 Å². The van der Waals surface area contributed by atoms with Gasteiger partial charge < -0.3 is 20.4 Å². The van der Waals surface area contributed by atoms with E-state index in [1.165, 1.54) is 12.3 Å². The highest BCUT2D eigenvalue weighted by Crippen LogP contribution is 2.11. The van der Waals surface area contributed by atoms with Crippen molar-refractivity contribution in [3.8, 4) is 0 Å². The molecule has 1 aromatic rings. The normalized spacial score (nSPS) is 9.74. The van der Waals surface area contributed by atoms with Crippen molar-refractivity contribution in [2.45, 2.75) is 0 Å². The standard InChI is InChI=1S/C10H16N4O4.ClH/c1-18-5-4-11-2-3-12-10(15)9-6-8(7-13-9)14(16)17;/h6-7,11,13H,2-5H2,1H3,(H,12,15);1H. The van der Waals surface area contributed by atoms with Crippen LogP contribution < -0.4 is 10.6 Å². The Morgan fingerprint density at radius 3 is 2.79 bits per heavy atom. The molecule has 0 fully saturated rings. The molecule has 1 rings (SSSR count). The molecule has 0 aliphatic heterocycles. The minimum Gasteiger partial charge on any atom is -0.383 e. The summed E-state index contributed by atoms with van der Waals surface area (Å²) in [5, 5.41) is 16.1. The molecule has 3 N–H and O–H groups in total. The number of carbonyl (C=O) groups is 1. The van der Waals surface area contributed by atoms with Crippen molar-refractivity contribution in [3.05, 3.63) is 28.1 Å². The van der Waals surface area contributed by atoms with Gasteiger partial charge in [0, 0.05) is 32.8 Å². The summed E-state index contributed by atoms with van der Waals surface area (Å²) in [6, 6.07) is 1.20. The average molecular weight is 293 g/mol. The summed E-state index contributed by atoms with van der Waals surface area (Å²) in [5.74, 6) is -0.364. The van der Waals surface area contributed by atoms with Crippen LogP contribution >= 0.6 is 12.4 Å². The highest BCUT2D eigenvalue weighted by Gasteiger charge is 2.13. The molecule has 0 aliphatic rings. The number of aromatic amines is 1. The second-order valence-corrected chi connectivity index (χ2v) is 3.53. The minimum atomic E-state index is -0.556. The number of nitro groups is 1. The van der Waals surface area contributed by atoms with E-state index in [0.29, 0.717) is 26.2 Å². The maximum absolute atomic E-state index is 11.6. The lowest BCUT2D eigenvalue weighted by Gasteiger charge is -2.05. The zero-order valence-electron chi connectivity index (χ0n) is 10.5. The Kier molecular flexibility index (Phi) is 8.51. The molecule has 1 amide bonds. The van der Waals surface area contributed by atoms with Crippen LogP contribution in [-0.4, -0.2) is 49.2 Å². The molecule has 0 aliphatic carbocycles. The fourth-order valence-corrected chi connectivity index (χ4v) is 1.28. The van der Waals surface area contributed by atoms with E-state index in [1.807, 2.05) is 0 Å². The van der Waals surface area contributed by atoms with Crippen LogP contribution in [0.4, 0.5) is 5.69 Å². The Bertz CT molecular complexity index is 410. The minimum absolute atomic E-state index is 0. The largest absolute Gasteiger partial charge is 0.383 e. The number of hydrogen-bond acceptors (Lipinski definition) is 5. The van der Waals surface area contributed by atoms with E-state index in [4.69, 9.17) is 4.74 Å². The Labute approximate surface area is 116 Å². The van der Waals surface area contributed by atoms with Crippen LogP contribution in [0.2, 0.25) is 0 Å². The number of halogens is 1. The van der Waals surface area contributed by atoms with Crippen LogP contribution in [-0.2, 0) is 4.74 Å². The molecule has 0 saturated carbocycles. The van der Waals surface area contributed by atoms with Gasteiger partial charge in [-0.05, 0) is 0 Å². The first kappa shape index (κ1) is 17.4. The first-order valence-corrected chi connectivity index (χ1v) is 5.46. The zero-order chi connectivity index (χ0) is 13.4.